The van der Waals surface area contributed by atoms with E-state index in [4.69, 9.17) is 0 Å². The molecule has 0 aliphatic carbocycles. The topological polar surface area (TPSA) is 17.8 Å². The van der Waals surface area contributed by atoms with Gasteiger partial charge in [-0.3, -0.25) is 0 Å². The maximum Gasteiger partial charge on any atom is 0.194 e. The van der Waals surface area contributed by atoms with Crippen LogP contribution in [0.3, 0.4) is 0 Å². The van der Waals surface area contributed by atoms with Gasteiger partial charge in [0.2, 0.25) is 0 Å². The molecule has 2 aromatic rings. The summed E-state index contributed by atoms with van der Waals surface area (Å²) in [6.45, 7) is 0. The molecule has 0 N–H and O–H groups in total. The first-order valence-electron chi connectivity index (χ1n) is 3.83. The number of nitrogens with zero attached hydrogens (tertiary/aromatic N) is 2. The summed E-state index contributed by atoms with van der Waals surface area (Å²) in [6, 6.07) is 3.36. The van der Waals surface area contributed by atoms with Crippen molar-refractivity contribution in [1.29, 1.82) is 0 Å². The van der Waals surface area contributed by atoms with E-state index in [1.807, 2.05) is 0 Å². The van der Waals surface area contributed by atoms with E-state index < -0.39 is 17.5 Å². The molecule has 0 spiro atoms. The molecule has 2 rings (SSSR count). The highest BCUT2D eigenvalue weighted by molar-refractivity contribution is 5.32. The van der Waals surface area contributed by atoms with Crippen molar-refractivity contribution in [2.75, 3.05) is 0 Å². The van der Waals surface area contributed by atoms with Crippen molar-refractivity contribution in [2.45, 2.75) is 0 Å². The van der Waals surface area contributed by atoms with Crippen molar-refractivity contribution in [1.82, 2.24) is 9.78 Å². The third kappa shape index (κ3) is 1.37. The van der Waals surface area contributed by atoms with Crippen LogP contribution in [-0.4, -0.2) is 9.78 Å². The zero-order chi connectivity index (χ0) is 10.1. The standard InChI is InChI=1S/C9H5F3N2/c10-7-4-6(5-8(11)9(7)12)14-3-1-2-13-14/h1-5H. The molecule has 0 radical (unpaired) electrons. The van der Waals surface area contributed by atoms with E-state index in [0.717, 1.165) is 12.1 Å². The zero-order valence-corrected chi connectivity index (χ0v) is 6.92. The van der Waals surface area contributed by atoms with Gasteiger partial charge >= 0.3 is 0 Å². The minimum absolute atomic E-state index is 0.145. The van der Waals surface area contributed by atoms with Crippen LogP contribution in [0, 0.1) is 17.5 Å². The van der Waals surface area contributed by atoms with E-state index >= 15 is 0 Å². The summed E-state index contributed by atoms with van der Waals surface area (Å²) in [5.74, 6) is -3.92. The molecule has 0 bridgehead atoms. The van der Waals surface area contributed by atoms with Crippen molar-refractivity contribution >= 4 is 0 Å². The van der Waals surface area contributed by atoms with Crippen molar-refractivity contribution in [3.63, 3.8) is 0 Å². The van der Waals surface area contributed by atoms with E-state index in [1.54, 1.807) is 6.07 Å². The molecule has 0 aliphatic heterocycles. The third-order valence-corrected chi connectivity index (χ3v) is 1.74. The van der Waals surface area contributed by atoms with Gasteiger partial charge in [-0.05, 0) is 6.07 Å². The number of halogens is 3. The molecule has 72 valence electrons. The summed E-state index contributed by atoms with van der Waals surface area (Å²) >= 11 is 0. The van der Waals surface area contributed by atoms with Gasteiger partial charge in [-0.15, -0.1) is 0 Å². The van der Waals surface area contributed by atoms with Gasteiger partial charge in [0.15, 0.2) is 17.5 Å². The van der Waals surface area contributed by atoms with Crippen molar-refractivity contribution < 1.29 is 13.2 Å². The van der Waals surface area contributed by atoms with Gasteiger partial charge in [-0.2, -0.15) is 5.10 Å². The van der Waals surface area contributed by atoms with Gasteiger partial charge in [-0.1, -0.05) is 0 Å². The van der Waals surface area contributed by atoms with Crippen LogP contribution in [0.4, 0.5) is 13.2 Å². The summed E-state index contributed by atoms with van der Waals surface area (Å²) in [5, 5.41) is 3.76. The lowest BCUT2D eigenvalue weighted by molar-refractivity contribution is 0.446. The summed E-state index contributed by atoms with van der Waals surface area (Å²) in [6.07, 6.45) is 2.96. The molecule has 14 heavy (non-hydrogen) atoms. The Bertz CT molecular complexity index is 428. The highest BCUT2D eigenvalue weighted by atomic mass is 19.2. The average molecular weight is 198 g/mol. The maximum absolute atomic E-state index is 12.8. The summed E-state index contributed by atoms with van der Waals surface area (Å²) < 4.78 is 39.4. The molecular weight excluding hydrogens is 193 g/mol. The number of hydrogen-bond donors (Lipinski definition) is 0. The molecular formula is C9H5F3N2. The van der Waals surface area contributed by atoms with E-state index in [0.29, 0.717) is 0 Å². The number of rotatable bonds is 1. The first-order valence-corrected chi connectivity index (χ1v) is 3.83. The molecule has 2 nitrogen and oxygen atoms in total. The third-order valence-electron chi connectivity index (χ3n) is 1.74. The highest BCUT2D eigenvalue weighted by Crippen LogP contribution is 2.15. The molecule has 5 heteroatoms. The van der Waals surface area contributed by atoms with E-state index in [2.05, 4.69) is 5.10 Å². The quantitative estimate of drug-likeness (QED) is 0.643. The van der Waals surface area contributed by atoms with Crippen LogP contribution < -0.4 is 0 Å². The lowest BCUT2D eigenvalue weighted by Gasteiger charge is -2.02. The Morgan fingerprint density at radius 2 is 1.71 bits per heavy atom. The Kier molecular flexibility index (Phi) is 1.99. The molecule has 1 aromatic heterocycles. The fourth-order valence-electron chi connectivity index (χ4n) is 1.10. The van der Waals surface area contributed by atoms with Crippen molar-refractivity contribution in [3.05, 3.63) is 48.0 Å². The first-order chi connectivity index (χ1) is 6.68. The zero-order valence-electron chi connectivity index (χ0n) is 6.92. The van der Waals surface area contributed by atoms with Gasteiger partial charge in [0.1, 0.15) is 0 Å². The van der Waals surface area contributed by atoms with E-state index in [1.165, 1.54) is 17.1 Å². The molecule has 1 heterocycles. The Morgan fingerprint density at radius 1 is 1.07 bits per heavy atom. The monoisotopic (exact) mass is 198 g/mol. The molecule has 0 atom stereocenters. The molecule has 0 saturated heterocycles. The van der Waals surface area contributed by atoms with Gasteiger partial charge in [0, 0.05) is 24.5 Å². The average Bonchev–Trinajstić information content (AvgIpc) is 2.66. The molecule has 1 aromatic carbocycles. The minimum atomic E-state index is -1.47. The second-order valence-electron chi connectivity index (χ2n) is 2.67. The Balaban J connectivity index is 2.57. The lowest BCUT2D eigenvalue weighted by atomic mass is 10.3. The largest absolute Gasteiger partial charge is 0.241 e. The van der Waals surface area contributed by atoms with E-state index in [-0.39, 0.29) is 5.69 Å². The normalized spacial score (nSPS) is 10.5. The Morgan fingerprint density at radius 3 is 2.21 bits per heavy atom. The molecule has 0 amide bonds. The fourth-order valence-corrected chi connectivity index (χ4v) is 1.10. The van der Waals surface area contributed by atoms with Crippen LogP contribution in [-0.2, 0) is 0 Å². The smallest absolute Gasteiger partial charge is 0.194 e. The van der Waals surface area contributed by atoms with Gasteiger partial charge < -0.3 is 0 Å². The van der Waals surface area contributed by atoms with Crippen LogP contribution >= 0.6 is 0 Å². The second-order valence-corrected chi connectivity index (χ2v) is 2.67. The van der Waals surface area contributed by atoms with Crippen LogP contribution in [0.25, 0.3) is 5.69 Å². The molecule has 0 saturated carbocycles. The Labute approximate surface area is 77.6 Å². The molecule has 0 fully saturated rings. The predicted octanol–water partition coefficient (Wildman–Crippen LogP) is 2.29. The van der Waals surface area contributed by atoms with Crippen molar-refractivity contribution in [3.8, 4) is 5.69 Å². The van der Waals surface area contributed by atoms with E-state index in [9.17, 15) is 13.2 Å². The first kappa shape index (κ1) is 8.80. The molecule has 0 aliphatic rings. The number of aromatic nitrogens is 2. The maximum atomic E-state index is 12.8. The van der Waals surface area contributed by atoms with Crippen LogP contribution in [0.1, 0.15) is 0 Å². The minimum Gasteiger partial charge on any atom is -0.241 e. The Hall–Kier alpha value is -1.78. The van der Waals surface area contributed by atoms with Gasteiger partial charge in [0.05, 0.1) is 5.69 Å². The van der Waals surface area contributed by atoms with Crippen LogP contribution in [0.2, 0.25) is 0 Å². The van der Waals surface area contributed by atoms with Gasteiger partial charge in [0.25, 0.3) is 0 Å². The summed E-state index contributed by atoms with van der Waals surface area (Å²) in [7, 11) is 0. The number of hydrogen-bond acceptors (Lipinski definition) is 1. The summed E-state index contributed by atoms with van der Waals surface area (Å²) in [4.78, 5) is 0. The van der Waals surface area contributed by atoms with Gasteiger partial charge in [-0.25, -0.2) is 17.9 Å². The molecule has 0 unspecified atom stereocenters. The second kappa shape index (κ2) is 3.17. The highest BCUT2D eigenvalue weighted by Gasteiger charge is 2.11. The predicted molar refractivity (Wildman–Crippen MR) is 43.4 cm³/mol. The van der Waals surface area contributed by atoms with Crippen molar-refractivity contribution in [2.24, 2.45) is 0 Å². The summed E-state index contributed by atoms with van der Waals surface area (Å²) in [5.41, 5.74) is 0.145. The number of benzene rings is 1. The van der Waals surface area contributed by atoms with Crippen LogP contribution in [0.5, 0.6) is 0 Å². The SMILES string of the molecule is Fc1cc(-n2cccn2)cc(F)c1F. The lowest BCUT2D eigenvalue weighted by Crippen LogP contribution is -1.99. The fraction of sp³-hybridized carbons (Fsp3) is 0. The van der Waals surface area contributed by atoms with Crippen LogP contribution in [0.15, 0.2) is 30.6 Å².